The number of hydrogen-bond donors (Lipinski definition) is 1. The molecular formula is C19H28N4O. The second-order valence-corrected chi connectivity index (χ2v) is 7.49. The van der Waals surface area contributed by atoms with Crippen LogP contribution in [0, 0.1) is 0 Å². The fourth-order valence-electron chi connectivity index (χ4n) is 2.88. The van der Waals surface area contributed by atoms with Crippen molar-refractivity contribution in [2.24, 2.45) is 0 Å². The standard InChI is InChI=1S/C19H28N4O/c1-19(2,3)17-14-18(20)23(21-17)16-6-4-15(5-7-16)8-9-22-10-12-24-13-11-22/h4-7,14H,8-13,20H2,1-3H3. The highest BCUT2D eigenvalue weighted by Crippen LogP contribution is 2.24. The van der Waals surface area contributed by atoms with E-state index in [0.717, 1.165) is 50.7 Å². The third-order valence-electron chi connectivity index (χ3n) is 4.51. The summed E-state index contributed by atoms with van der Waals surface area (Å²) >= 11 is 0. The lowest BCUT2D eigenvalue weighted by atomic mass is 9.92. The molecule has 5 heteroatoms. The van der Waals surface area contributed by atoms with Crippen LogP contribution in [0.25, 0.3) is 5.69 Å². The molecule has 1 aliphatic heterocycles. The first kappa shape index (κ1) is 17.0. The number of benzene rings is 1. The molecule has 0 amide bonds. The Labute approximate surface area is 144 Å². The van der Waals surface area contributed by atoms with Crippen LogP contribution in [0.4, 0.5) is 5.82 Å². The van der Waals surface area contributed by atoms with Crippen molar-refractivity contribution < 1.29 is 4.74 Å². The Kier molecular flexibility index (Phi) is 4.92. The summed E-state index contributed by atoms with van der Waals surface area (Å²) < 4.78 is 7.22. The summed E-state index contributed by atoms with van der Waals surface area (Å²) in [4.78, 5) is 2.46. The predicted octanol–water partition coefficient (Wildman–Crippen LogP) is 2.63. The zero-order chi connectivity index (χ0) is 17.2. The molecule has 24 heavy (non-hydrogen) atoms. The summed E-state index contributed by atoms with van der Waals surface area (Å²) in [5.41, 5.74) is 9.51. The molecule has 0 unspecified atom stereocenters. The first-order valence-electron chi connectivity index (χ1n) is 8.69. The Balaban J connectivity index is 1.67. The first-order valence-corrected chi connectivity index (χ1v) is 8.69. The van der Waals surface area contributed by atoms with Crippen LogP contribution >= 0.6 is 0 Å². The fraction of sp³-hybridized carbons (Fsp3) is 0.526. The van der Waals surface area contributed by atoms with Gasteiger partial charge in [-0.3, -0.25) is 4.90 Å². The predicted molar refractivity (Wildman–Crippen MR) is 97.6 cm³/mol. The molecule has 0 bridgehead atoms. The molecule has 1 aromatic carbocycles. The average Bonchev–Trinajstić information content (AvgIpc) is 2.97. The fourth-order valence-corrected chi connectivity index (χ4v) is 2.88. The van der Waals surface area contributed by atoms with Crippen molar-refractivity contribution in [3.8, 4) is 5.69 Å². The number of anilines is 1. The van der Waals surface area contributed by atoms with Gasteiger partial charge in [-0.2, -0.15) is 5.10 Å². The van der Waals surface area contributed by atoms with Gasteiger partial charge in [0.15, 0.2) is 0 Å². The average molecular weight is 328 g/mol. The van der Waals surface area contributed by atoms with E-state index in [1.165, 1.54) is 5.56 Å². The summed E-state index contributed by atoms with van der Waals surface area (Å²) in [6.07, 6.45) is 1.06. The molecule has 2 aromatic rings. The van der Waals surface area contributed by atoms with E-state index in [-0.39, 0.29) is 5.41 Å². The summed E-state index contributed by atoms with van der Waals surface area (Å²) in [5, 5.41) is 4.67. The third-order valence-corrected chi connectivity index (χ3v) is 4.51. The minimum absolute atomic E-state index is 0.00251. The second kappa shape index (κ2) is 6.95. The quantitative estimate of drug-likeness (QED) is 0.937. The molecular weight excluding hydrogens is 300 g/mol. The van der Waals surface area contributed by atoms with Crippen LogP contribution in [0.15, 0.2) is 30.3 Å². The van der Waals surface area contributed by atoms with Crippen molar-refractivity contribution in [3.05, 3.63) is 41.6 Å². The first-order chi connectivity index (χ1) is 11.4. The van der Waals surface area contributed by atoms with Crippen LogP contribution in [0.3, 0.4) is 0 Å². The number of nitrogens with two attached hydrogens (primary N) is 1. The molecule has 0 aliphatic carbocycles. The maximum atomic E-state index is 6.15. The molecule has 2 N–H and O–H groups in total. The van der Waals surface area contributed by atoms with Crippen molar-refractivity contribution in [2.45, 2.75) is 32.6 Å². The van der Waals surface area contributed by atoms with Gasteiger partial charge in [0, 0.05) is 31.1 Å². The SMILES string of the molecule is CC(C)(C)c1cc(N)n(-c2ccc(CCN3CCOCC3)cc2)n1. The maximum Gasteiger partial charge on any atom is 0.127 e. The number of ether oxygens (including phenoxy) is 1. The van der Waals surface area contributed by atoms with Gasteiger partial charge in [-0.25, -0.2) is 4.68 Å². The smallest absolute Gasteiger partial charge is 0.127 e. The summed E-state index contributed by atoms with van der Waals surface area (Å²) in [7, 11) is 0. The molecule has 0 atom stereocenters. The second-order valence-electron chi connectivity index (χ2n) is 7.49. The molecule has 0 radical (unpaired) electrons. The van der Waals surface area contributed by atoms with E-state index in [2.05, 4.69) is 55.0 Å². The Bertz CT molecular complexity index is 664. The molecule has 3 rings (SSSR count). The maximum absolute atomic E-state index is 6.15. The van der Waals surface area contributed by atoms with Gasteiger partial charge in [0.1, 0.15) is 5.82 Å². The van der Waals surface area contributed by atoms with Gasteiger partial charge in [0.25, 0.3) is 0 Å². The Morgan fingerprint density at radius 3 is 2.38 bits per heavy atom. The monoisotopic (exact) mass is 328 g/mol. The van der Waals surface area contributed by atoms with Gasteiger partial charge in [-0.05, 0) is 24.1 Å². The Morgan fingerprint density at radius 1 is 1.12 bits per heavy atom. The molecule has 2 heterocycles. The van der Waals surface area contributed by atoms with E-state index < -0.39 is 0 Å². The van der Waals surface area contributed by atoms with Gasteiger partial charge < -0.3 is 10.5 Å². The molecule has 130 valence electrons. The van der Waals surface area contributed by atoms with Crippen LogP contribution in [-0.4, -0.2) is 47.5 Å². The highest BCUT2D eigenvalue weighted by Gasteiger charge is 2.19. The highest BCUT2D eigenvalue weighted by atomic mass is 16.5. The van der Waals surface area contributed by atoms with Gasteiger partial charge in [0.05, 0.1) is 24.6 Å². The minimum Gasteiger partial charge on any atom is -0.384 e. The summed E-state index contributed by atoms with van der Waals surface area (Å²) in [5.74, 6) is 0.681. The van der Waals surface area contributed by atoms with Crippen LogP contribution in [-0.2, 0) is 16.6 Å². The Morgan fingerprint density at radius 2 is 1.79 bits per heavy atom. The number of nitrogens with zero attached hydrogens (tertiary/aromatic N) is 3. The van der Waals surface area contributed by atoms with Gasteiger partial charge in [-0.15, -0.1) is 0 Å². The van der Waals surface area contributed by atoms with Gasteiger partial charge in [-0.1, -0.05) is 32.9 Å². The van der Waals surface area contributed by atoms with Crippen LogP contribution in [0.1, 0.15) is 32.0 Å². The van der Waals surface area contributed by atoms with E-state index >= 15 is 0 Å². The van der Waals surface area contributed by atoms with Gasteiger partial charge >= 0.3 is 0 Å². The topological polar surface area (TPSA) is 56.3 Å². The molecule has 0 saturated carbocycles. The molecule has 5 nitrogen and oxygen atoms in total. The van der Waals surface area contributed by atoms with Crippen molar-refractivity contribution in [1.82, 2.24) is 14.7 Å². The molecule has 1 fully saturated rings. The normalized spacial score (nSPS) is 16.5. The summed E-state index contributed by atoms with van der Waals surface area (Å²) in [6, 6.07) is 10.5. The summed E-state index contributed by atoms with van der Waals surface area (Å²) in [6.45, 7) is 11.3. The lowest BCUT2D eigenvalue weighted by Crippen LogP contribution is -2.37. The van der Waals surface area contributed by atoms with Crippen LogP contribution in [0.2, 0.25) is 0 Å². The van der Waals surface area contributed by atoms with E-state index in [4.69, 9.17) is 10.5 Å². The van der Waals surface area contributed by atoms with Crippen molar-refractivity contribution >= 4 is 5.82 Å². The van der Waals surface area contributed by atoms with Crippen molar-refractivity contribution in [1.29, 1.82) is 0 Å². The number of hydrogen-bond acceptors (Lipinski definition) is 4. The number of rotatable bonds is 4. The lowest BCUT2D eigenvalue weighted by molar-refractivity contribution is 0.0384. The number of morpholine rings is 1. The van der Waals surface area contributed by atoms with E-state index in [1.54, 1.807) is 0 Å². The zero-order valence-corrected chi connectivity index (χ0v) is 15.0. The van der Waals surface area contributed by atoms with E-state index in [1.807, 2.05) is 10.7 Å². The van der Waals surface area contributed by atoms with Crippen molar-refractivity contribution in [3.63, 3.8) is 0 Å². The molecule has 1 aliphatic rings. The highest BCUT2D eigenvalue weighted by molar-refractivity contribution is 5.44. The third kappa shape index (κ3) is 3.97. The van der Waals surface area contributed by atoms with E-state index in [0.29, 0.717) is 5.82 Å². The Hall–Kier alpha value is -1.85. The van der Waals surface area contributed by atoms with Gasteiger partial charge in [0.2, 0.25) is 0 Å². The molecule has 1 aromatic heterocycles. The number of aromatic nitrogens is 2. The van der Waals surface area contributed by atoms with E-state index in [9.17, 15) is 0 Å². The molecule has 0 spiro atoms. The van der Waals surface area contributed by atoms with Crippen LogP contribution in [0.5, 0.6) is 0 Å². The lowest BCUT2D eigenvalue weighted by Gasteiger charge is -2.26. The largest absolute Gasteiger partial charge is 0.384 e. The molecule has 1 saturated heterocycles. The van der Waals surface area contributed by atoms with Crippen LogP contribution < -0.4 is 5.73 Å². The minimum atomic E-state index is -0.00251. The number of nitrogen functional groups attached to an aromatic ring is 1. The van der Waals surface area contributed by atoms with Crippen molar-refractivity contribution in [2.75, 3.05) is 38.6 Å². The zero-order valence-electron chi connectivity index (χ0n) is 15.0.